The van der Waals surface area contributed by atoms with Crippen LogP contribution in [0.25, 0.3) is 0 Å². The van der Waals surface area contributed by atoms with Crippen molar-refractivity contribution in [2.24, 2.45) is 11.8 Å². The molecule has 0 N–H and O–H groups in total. The second-order valence-corrected chi connectivity index (χ2v) is 19.3. The Bertz CT molecular complexity index is 1340. The molecule has 0 aromatic heterocycles. The van der Waals surface area contributed by atoms with Gasteiger partial charge in [0.25, 0.3) is 0 Å². The van der Waals surface area contributed by atoms with Crippen molar-refractivity contribution in [1.29, 1.82) is 0 Å². The van der Waals surface area contributed by atoms with E-state index in [9.17, 15) is 0 Å². The predicted octanol–water partition coefficient (Wildman–Crippen LogP) is 10.1. The van der Waals surface area contributed by atoms with Gasteiger partial charge in [0.2, 0.25) is 0 Å². The minimum Gasteiger partial charge on any atom is -0.0563 e. The van der Waals surface area contributed by atoms with E-state index in [0.717, 1.165) is 23.2 Å². The Kier molecular flexibility index (Phi) is 9.53. The summed E-state index contributed by atoms with van der Waals surface area (Å²) in [7, 11) is -0.865. The van der Waals surface area contributed by atoms with E-state index in [-0.39, 0.29) is 0 Å². The van der Waals surface area contributed by atoms with Gasteiger partial charge in [-0.2, -0.15) is 0 Å². The molecule has 0 radical (unpaired) electrons. The molecule has 2 aliphatic rings. The van der Waals surface area contributed by atoms with Crippen molar-refractivity contribution >= 4 is 37.1 Å². The molecule has 0 unspecified atom stereocenters. The van der Waals surface area contributed by atoms with Crippen molar-refractivity contribution in [3.8, 4) is 0 Å². The summed E-state index contributed by atoms with van der Waals surface area (Å²) >= 11 is 0. The van der Waals surface area contributed by atoms with Crippen LogP contribution in [0.15, 0.2) is 72.8 Å². The first-order valence-electron chi connectivity index (χ1n) is 17.0. The third kappa shape index (κ3) is 6.79. The summed E-state index contributed by atoms with van der Waals surface area (Å²) < 4.78 is 0. The molecule has 0 amide bonds. The Labute approximate surface area is 270 Å². The molecule has 4 aromatic rings. The summed E-state index contributed by atoms with van der Waals surface area (Å²) in [5, 5.41) is 6.44. The van der Waals surface area contributed by atoms with Crippen LogP contribution in [0.1, 0.15) is 83.0 Å². The number of benzene rings is 4. The van der Waals surface area contributed by atoms with Crippen molar-refractivity contribution < 1.29 is 0 Å². The normalized spacial score (nSPS) is 22.0. The van der Waals surface area contributed by atoms with Crippen molar-refractivity contribution in [3.63, 3.8) is 0 Å². The summed E-state index contributed by atoms with van der Waals surface area (Å²) in [6, 6.07) is 29.7. The monoisotopic (exact) mass is 618 g/mol. The van der Waals surface area contributed by atoms with Crippen molar-refractivity contribution in [2.75, 3.05) is 0 Å². The van der Waals surface area contributed by atoms with Crippen molar-refractivity contribution in [3.05, 3.63) is 117 Å². The molecule has 2 aliphatic carbocycles. The lowest BCUT2D eigenvalue weighted by Crippen LogP contribution is -2.34. The number of hydrogen-bond acceptors (Lipinski definition) is 0. The third-order valence-electron chi connectivity index (χ3n) is 10.2. The first-order valence-corrected chi connectivity index (χ1v) is 19.8. The fourth-order valence-electron chi connectivity index (χ4n) is 9.00. The van der Waals surface area contributed by atoms with Gasteiger partial charge in [0, 0.05) is 0 Å². The fraction of sp³-hybridized carbons (Fsp3) is 0.429. The SMILES string of the molecule is Cc1cc(C)cc(P(c2cc(C)cc(C)c2)[C@@H]2CCC[C@@H]2[C@H]2CCC[C@H]2P(c2cc(C)cc(C)c2)c2cc(C)cc(C)c2)c1. The molecular weight excluding hydrogens is 566 g/mol. The molecule has 2 fully saturated rings. The summed E-state index contributed by atoms with van der Waals surface area (Å²) in [6.45, 7) is 18.4. The van der Waals surface area contributed by atoms with Gasteiger partial charge in [0.05, 0.1) is 0 Å². The highest BCUT2D eigenvalue weighted by Crippen LogP contribution is 2.60. The van der Waals surface area contributed by atoms with E-state index in [1.54, 1.807) is 21.2 Å². The van der Waals surface area contributed by atoms with E-state index in [0.29, 0.717) is 0 Å². The molecule has 0 bridgehead atoms. The topological polar surface area (TPSA) is 0 Å². The predicted molar refractivity (Wildman–Crippen MR) is 198 cm³/mol. The molecule has 2 heteroatoms. The van der Waals surface area contributed by atoms with Gasteiger partial charge in [-0.25, -0.2) is 0 Å². The van der Waals surface area contributed by atoms with Gasteiger partial charge < -0.3 is 0 Å². The maximum absolute atomic E-state index is 2.54. The van der Waals surface area contributed by atoms with E-state index < -0.39 is 15.8 Å². The first-order chi connectivity index (χ1) is 21.0. The fourth-order valence-corrected chi connectivity index (χ4v) is 16.3. The van der Waals surface area contributed by atoms with Crippen LogP contribution in [0.4, 0.5) is 0 Å². The van der Waals surface area contributed by atoms with E-state index in [1.807, 2.05) is 0 Å². The number of hydrogen-bond donors (Lipinski definition) is 0. The van der Waals surface area contributed by atoms with Crippen molar-refractivity contribution in [1.82, 2.24) is 0 Å². The lowest BCUT2D eigenvalue weighted by Gasteiger charge is -2.39. The second-order valence-electron chi connectivity index (χ2n) is 14.4. The van der Waals surface area contributed by atoms with Crippen LogP contribution in [0.2, 0.25) is 0 Å². The molecule has 2 saturated carbocycles. The van der Waals surface area contributed by atoms with Gasteiger partial charge in [-0.15, -0.1) is 0 Å². The summed E-state index contributed by atoms with van der Waals surface area (Å²) in [5.41, 5.74) is 12.8. The average Bonchev–Trinajstić information content (AvgIpc) is 3.57. The molecule has 6 rings (SSSR count). The Morgan fingerprint density at radius 2 is 0.568 bits per heavy atom. The Morgan fingerprint density at radius 1 is 0.341 bits per heavy atom. The lowest BCUT2D eigenvalue weighted by atomic mass is 9.89. The zero-order valence-corrected chi connectivity index (χ0v) is 30.2. The van der Waals surface area contributed by atoms with E-state index >= 15 is 0 Å². The molecule has 0 spiro atoms. The van der Waals surface area contributed by atoms with Crippen LogP contribution < -0.4 is 21.2 Å². The molecule has 0 aliphatic heterocycles. The zero-order chi connectivity index (χ0) is 31.1. The quantitative estimate of drug-likeness (QED) is 0.181. The smallest absolute Gasteiger partial charge is 0.00976 e. The number of aryl methyl sites for hydroxylation is 8. The van der Waals surface area contributed by atoms with Gasteiger partial charge in [0.1, 0.15) is 0 Å². The standard InChI is InChI=1S/C42H52P2/c1-27-15-28(2)20-35(19-27)43(36-21-29(3)16-30(4)22-36)41-13-9-11-39(41)40-12-10-14-42(40)44(37-23-31(5)17-32(6)24-37)38-25-33(7)18-34(8)26-38/h15-26,39-42H,9-14H2,1-8H3/t39-,40-,41-,42-/m1/s1. The van der Waals surface area contributed by atoms with Gasteiger partial charge in [-0.1, -0.05) is 130 Å². The molecule has 44 heavy (non-hydrogen) atoms. The Morgan fingerprint density at radius 3 is 0.795 bits per heavy atom. The molecule has 4 atom stereocenters. The van der Waals surface area contributed by atoms with Gasteiger partial charge in [-0.05, 0) is 141 Å². The van der Waals surface area contributed by atoms with E-state index in [4.69, 9.17) is 0 Å². The van der Waals surface area contributed by atoms with Gasteiger partial charge in [-0.3, -0.25) is 0 Å². The molecule has 0 saturated heterocycles. The largest absolute Gasteiger partial charge is 0.0563 e. The minimum absolute atomic E-state index is 0.432. The van der Waals surface area contributed by atoms with Crippen LogP contribution in [-0.2, 0) is 0 Å². The zero-order valence-electron chi connectivity index (χ0n) is 28.4. The minimum atomic E-state index is -0.432. The second kappa shape index (κ2) is 13.2. The third-order valence-corrected chi connectivity index (χ3v) is 16.1. The van der Waals surface area contributed by atoms with E-state index in [2.05, 4.69) is 128 Å². The van der Waals surface area contributed by atoms with Crippen LogP contribution in [0.3, 0.4) is 0 Å². The van der Waals surface area contributed by atoms with Crippen LogP contribution in [0.5, 0.6) is 0 Å². The van der Waals surface area contributed by atoms with Crippen LogP contribution in [-0.4, -0.2) is 11.3 Å². The summed E-state index contributed by atoms with van der Waals surface area (Å²) in [5.74, 6) is 1.61. The highest BCUT2D eigenvalue weighted by Gasteiger charge is 2.46. The highest BCUT2D eigenvalue weighted by atomic mass is 31.1. The molecule has 0 nitrogen and oxygen atoms in total. The summed E-state index contributed by atoms with van der Waals surface area (Å²) in [4.78, 5) is 0. The molecule has 4 aromatic carbocycles. The Hall–Kier alpha value is -2.26. The molecular formula is C42H52P2. The molecule has 230 valence electrons. The number of rotatable bonds is 7. The summed E-state index contributed by atoms with van der Waals surface area (Å²) in [6.07, 6.45) is 8.34. The highest BCUT2D eigenvalue weighted by molar-refractivity contribution is 7.74. The van der Waals surface area contributed by atoms with Crippen LogP contribution in [0, 0.1) is 67.2 Å². The molecule has 0 heterocycles. The maximum Gasteiger partial charge on any atom is -0.00976 e. The van der Waals surface area contributed by atoms with Crippen molar-refractivity contribution in [2.45, 2.75) is 105 Å². The van der Waals surface area contributed by atoms with Gasteiger partial charge >= 0.3 is 0 Å². The first kappa shape index (κ1) is 31.7. The maximum atomic E-state index is 2.54. The van der Waals surface area contributed by atoms with Gasteiger partial charge in [0.15, 0.2) is 0 Å². The van der Waals surface area contributed by atoms with E-state index in [1.165, 1.54) is 83.0 Å². The lowest BCUT2D eigenvalue weighted by molar-refractivity contribution is 0.358. The van der Waals surface area contributed by atoms with Crippen LogP contribution >= 0.6 is 15.8 Å². The average molecular weight is 619 g/mol. The Balaban J connectivity index is 1.45.